The molecule has 1 aliphatic heterocycles. The van der Waals surface area contributed by atoms with Crippen LogP contribution in [0.3, 0.4) is 0 Å². The fourth-order valence-electron chi connectivity index (χ4n) is 3.00. The second kappa shape index (κ2) is 7.72. The number of benzene rings is 1. The highest BCUT2D eigenvalue weighted by molar-refractivity contribution is 5.68. The van der Waals surface area contributed by atoms with Gasteiger partial charge >= 0.3 is 6.09 Å². The summed E-state index contributed by atoms with van der Waals surface area (Å²) in [5, 5.41) is 0. The zero-order chi connectivity index (χ0) is 18.6. The van der Waals surface area contributed by atoms with E-state index in [1.54, 1.807) is 17.3 Å². The molecule has 2 heterocycles. The molecule has 1 fully saturated rings. The van der Waals surface area contributed by atoms with Gasteiger partial charge in [0.1, 0.15) is 17.7 Å². The Kier molecular flexibility index (Phi) is 5.40. The zero-order valence-electron chi connectivity index (χ0n) is 15.5. The molecule has 1 aromatic heterocycles. The molecule has 3 rings (SSSR count). The summed E-state index contributed by atoms with van der Waals surface area (Å²) < 4.78 is 11.2. The molecule has 0 saturated carbocycles. The van der Waals surface area contributed by atoms with Crippen LogP contribution in [0, 0.1) is 0 Å². The third-order valence-electron chi connectivity index (χ3n) is 4.27. The van der Waals surface area contributed by atoms with Crippen LogP contribution in [0.25, 0.3) is 0 Å². The first kappa shape index (κ1) is 18.2. The number of hydrogen-bond acceptors (Lipinski definition) is 5. The van der Waals surface area contributed by atoms with Gasteiger partial charge in [0, 0.05) is 13.1 Å². The number of likely N-dealkylation sites (tertiary alicyclic amines) is 1. The largest absolute Gasteiger partial charge is 0.454 e. The molecule has 1 aromatic carbocycles. The van der Waals surface area contributed by atoms with Gasteiger partial charge in [-0.05, 0) is 57.2 Å². The van der Waals surface area contributed by atoms with E-state index < -0.39 is 5.60 Å². The van der Waals surface area contributed by atoms with Crippen molar-refractivity contribution < 1.29 is 14.3 Å². The summed E-state index contributed by atoms with van der Waals surface area (Å²) in [6, 6.07) is 8.10. The highest BCUT2D eigenvalue weighted by atomic mass is 16.6. The number of hydrogen-bond donors (Lipinski definition) is 0. The Morgan fingerprint density at radius 3 is 2.23 bits per heavy atom. The molecule has 0 spiro atoms. The van der Waals surface area contributed by atoms with Gasteiger partial charge in [-0.2, -0.15) is 0 Å². The van der Waals surface area contributed by atoms with E-state index in [-0.39, 0.29) is 6.09 Å². The summed E-state index contributed by atoms with van der Waals surface area (Å²) >= 11 is 0. The van der Waals surface area contributed by atoms with Crippen LogP contribution in [0.5, 0.6) is 11.5 Å². The van der Waals surface area contributed by atoms with Crippen LogP contribution < -0.4 is 4.74 Å². The van der Waals surface area contributed by atoms with Crippen LogP contribution in [0.1, 0.15) is 45.1 Å². The average molecular weight is 355 g/mol. The van der Waals surface area contributed by atoms with Crippen LogP contribution >= 0.6 is 0 Å². The molecule has 0 N–H and O–H groups in total. The smallest absolute Gasteiger partial charge is 0.410 e. The van der Waals surface area contributed by atoms with Gasteiger partial charge < -0.3 is 14.4 Å². The van der Waals surface area contributed by atoms with Crippen LogP contribution in [0.15, 0.2) is 43.0 Å². The summed E-state index contributed by atoms with van der Waals surface area (Å²) in [6.45, 7) is 7.12. The lowest BCUT2D eigenvalue weighted by molar-refractivity contribution is 0.0205. The summed E-state index contributed by atoms with van der Waals surface area (Å²) in [6.07, 6.45) is 6.39. The predicted molar refractivity (Wildman–Crippen MR) is 98.3 cm³/mol. The van der Waals surface area contributed by atoms with Crippen molar-refractivity contribution in [2.24, 2.45) is 0 Å². The quantitative estimate of drug-likeness (QED) is 0.817. The maximum atomic E-state index is 12.2. The molecule has 6 nitrogen and oxygen atoms in total. The second-order valence-electron chi connectivity index (χ2n) is 7.49. The summed E-state index contributed by atoms with van der Waals surface area (Å²) in [5.41, 5.74) is 0.818. The minimum absolute atomic E-state index is 0.218. The molecule has 0 aliphatic carbocycles. The first-order valence-corrected chi connectivity index (χ1v) is 8.91. The fourth-order valence-corrected chi connectivity index (χ4v) is 3.00. The minimum atomic E-state index is -0.451. The Morgan fingerprint density at radius 2 is 1.65 bits per heavy atom. The van der Waals surface area contributed by atoms with Crippen molar-refractivity contribution in [3.8, 4) is 11.5 Å². The van der Waals surface area contributed by atoms with Crippen LogP contribution in [-0.4, -0.2) is 39.7 Å². The minimum Gasteiger partial charge on any atom is -0.454 e. The van der Waals surface area contributed by atoms with Crippen molar-refractivity contribution in [2.45, 2.75) is 45.1 Å². The van der Waals surface area contributed by atoms with Crippen molar-refractivity contribution in [2.75, 3.05) is 13.1 Å². The van der Waals surface area contributed by atoms with E-state index in [4.69, 9.17) is 9.47 Å². The number of carbonyl (C=O) groups excluding carboxylic acids is 1. The highest BCUT2D eigenvalue weighted by Crippen LogP contribution is 2.30. The lowest BCUT2D eigenvalue weighted by atomic mass is 9.89. The van der Waals surface area contributed by atoms with E-state index >= 15 is 0 Å². The van der Waals surface area contributed by atoms with E-state index in [9.17, 15) is 4.79 Å². The van der Waals surface area contributed by atoms with Gasteiger partial charge in [-0.15, -0.1) is 0 Å². The number of ether oxygens (including phenoxy) is 2. The van der Waals surface area contributed by atoms with Gasteiger partial charge in [0.2, 0.25) is 0 Å². The van der Waals surface area contributed by atoms with Crippen LogP contribution in [0.2, 0.25) is 0 Å². The molecule has 26 heavy (non-hydrogen) atoms. The van der Waals surface area contributed by atoms with Gasteiger partial charge in [0.05, 0.1) is 12.4 Å². The first-order chi connectivity index (χ1) is 12.4. The Hall–Kier alpha value is -2.63. The molecule has 0 radical (unpaired) electrons. The SMILES string of the molecule is CC(C)(C)OC(=O)N1CCC(c2ccc(Oc3cncnc3)cc2)CC1. The standard InChI is InChI=1S/C20H25N3O3/c1-20(2,3)26-19(24)23-10-8-16(9-11-23)15-4-6-17(7-5-15)25-18-12-21-14-22-13-18/h4-7,12-14,16H,8-11H2,1-3H3. The number of nitrogens with zero attached hydrogens (tertiary/aromatic N) is 3. The van der Waals surface area contributed by atoms with Gasteiger partial charge in [-0.3, -0.25) is 0 Å². The molecule has 0 atom stereocenters. The first-order valence-electron chi connectivity index (χ1n) is 8.91. The summed E-state index contributed by atoms with van der Waals surface area (Å²) in [4.78, 5) is 21.8. The predicted octanol–water partition coefficient (Wildman–Crippen LogP) is 4.38. The van der Waals surface area contributed by atoms with Crippen molar-refractivity contribution in [1.82, 2.24) is 14.9 Å². The van der Waals surface area contributed by atoms with Gasteiger partial charge in [-0.25, -0.2) is 14.8 Å². The molecule has 6 heteroatoms. The van der Waals surface area contributed by atoms with Crippen molar-refractivity contribution in [1.29, 1.82) is 0 Å². The zero-order valence-corrected chi connectivity index (χ0v) is 15.5. The Morgan fingerprint density at radius 1 is 1.04 bits per heavy atom. The van der Waals surface area contributed by atoms with Crippen LogP contribution in [0.4, 0.5) is 4.79 Å². The van der Waals surface area contributed by atoms with Crippen LogP contribution in [-0.2, 0) is 4.74 Å². The second-order valence-corrected chi connectivity index (χ2v) is 7.49. The molecule has 1 amide bonds. The number of aromatic nitrogens is 2. The molecule has 2 aromatic rings. The molecule has 0 unspecified atom stereocenters. The topological polar surface area (TPSA) is 64.5 Å². The highest BCUT2D eigenvalue weighted by Gasteiger charge is 2.27. The normalized spacial score (nSPS) is 15.6. The number of rotatable bonds is 3. The lowest BCUT2D eigenvalue weighted by Crippen LogP contribution is -2.41. The Balaban J connectivity index is 1.54. The van der Waals surface area contributed by atoms with Crippen molar-refractivity contribution >= 4 is 6.09 Å². The third-order valence-corrected chi connectivity index (χ3v) is 4.27. The van der Waals surface area contributed by atoms with E-state index in [1.807, 2.05) is 32.9 Å². The van der Waals surface area contributed by atoms with E-state index in [0.29, 0.717) is 11.7 Å². The Labute approximate surface area is 154 Å². The molecular formula is C20H25N3O3. The van der Waals surface area contributed by atoms with Crippen molar-refractivity contribution in [3.63, 3.8) is 0 Å². The average Bonchev–Trinajstić information content (AvgIpc) is 2.62. The molecule has 0 bridgehead atoms. The lowest BCUT2D eigenvalue weighted by Gasteiger charge is -2.33. The van der Waals surface area contributed by atoms with Gasteiger partial charge in [-0.1, -0.05) is 12.1 Å². The number of carbonyl (C=O) groups is 1. The number of piperidine rings is 1. The molecule has 1 aliphatic rings. The van der Waals surface area contributed by atoms with Crippen molar-refractivity contribution in [3.05, 3.63) is 48.5 Å². The van der Waals surface area contributed by atoms with E-state index in [2.05, 4.69) is 22.1 Å². The molecule has 1 saturated heterocycles. The Bertz CT molecular complexity index is 718. The summed E-state index contributed by atoms with van der Waals surface area (Å²) in [5.74, 6) is 1.82. The van der Waals surface area contributed by atoms with Gasteiger partial charge in [0.25, 0.3) is 0 Å². The van der Waals surface area contributed by atoms with Gasteiger partial charge in [0.15, 0.2) is 5.75 Å². The third kappa shape index (κ3) is 4.94. The summed E-state index contributed by atoms with van der Waals surface area (Å²) in [7, 11) is 0. The maximum absolute atomic E-state index is 12.2. The van der Waals surface area contributed by atoms with E-state index in [1.165, 1.54) is 11.9 Å². The fraction of sp³-hybridized carbons (Fsp3) is 0.450. The molecular weight excluding hydrogens is 330 g/mol. The maximum Gasteiger partial charge on any atom is 0.410 e. The number of amides is 1. The monoisotopic (exact) mass is 355 g/mol. The molecule has 138 valence electrons. The van der Waals surface area contributed by atoms with E-state index in [0.717, 1.165) is 31.7 Å².